The number of aromatic nitrogens is 1. The molecule has 0 amide bonds. The predicted octanol–water partition coefficient (Wildman–Crippen LogP) is 2.77. The summed E-state index contributed by atoms with van der Waals surface area (Å²) in [4.78, 5) is 4.29. The van der Waals surface area contributed by atoms with E-state index in [-0.39, 0.29) is 12.4 Å². The van der Waals surface area contributed by atoms with Crippen molar-refractivity contribution in [2.24, 2.45) is 0 Å². The second kappa shape index (κ2) is 4.40. The first kappa shape index (κ1) is 12.5. The third-order valence-corrected chi connectivity index (χ3v) is 3.34. The van der Waals surface area contributed by atoms with Crippen molar-refractivity contribution < 1.29 is 9.50 Å². The molecule has 0 atom stereocenters. The van der Waals surface area contributed by atoms with Crippen molar-refractivity contribution >= 4 is 10.9 Å². The van der Waals surface area contributed by atoms with E-state index in [9.17, 15) is 9.50 Å². The van der Waals surface area contributed by atoms with Gasteiger partial charge in [0.2, 0.25) is 0 Å². The Balaban J connectivity index is 3.06. The van der Waals surface area contributed by atoms with Gasteiger partial charge >= 0.3 is 0 Å². The molecular weight excluding hydrogens is 229 g/mol. The van der Waals surface area contributed by atoms with Crippen LogP contribution in [0.4, 0.5) is 4.39 Å². The first-order valence-electron chi connectivity index (χ1n) is 5.67. The molecule has 1 N–H and O–H groups in total. The van der Waals surface area contributed by atoms with Crippen molar-refractivity contribution in [2.45, 2.75) is 27.4 Å². The first-order valence-corrected chi connectivity index (χ1v) is 5.67. The van der Waals surface area contributed by atoms with Crippen LogP contribution in [0.2, 0.25) is 0 Å². The van der Waals surface area contributed by atoms with Gasteiger partial charge in [0.05, 0.1) is 23.4 Å². The lowest BCUT2D eigenvalue weighted by Gasteiger charge is -2.13. The minimum atomic E-state index is -0.290. The van der Waals surface area contributed by atoms with Gasteiger partial charge < -0.3 is 5.11 Å². The Kier molecular flexibility index (Phi) is 3.06. The molecule has 0 spiro atoms. The van der Waals surface area contributed by atoms with Gasteiger partial charge in [0.1, 0.15) is 5.82 Å². The third-order valence-electron chi connectivity index (χ3n) is 3.34. The molecule has 2 rings (SSSR count). The van der Waals surface area contributed by atoms with Gasteiger partial charge in [-0.1, -0.05) is 5.92 Å². The van der Waals surface area contributed by atoms with E-state index in [4.69, 9.17) is 6.42 Å². The van der Waals surface area contributed by atoms with Crippen LogP contribution in [0.5, 0.6) is 0 Å². The second-order valence-corrected chi connectivity index (χ2v) is 4.39. The molecule has 1 heterocycles. The number of fused-ring (bicyclic) bond motifs is 1. The number of terminal acetylenes is 1. The molecule has 0 fully saturated rings. The summed E-state index contributed by atoms with van der Waals surface area (Å²) in [5.41, 5.74) is 3.64. The smallest absolute Gasteiger partial charge is 0.135 e. The van der Waals surface area contributed by atoms with Crippen molar-refractivity contribution in [2.75, 3.05) is 0 Å². The van der Waals surface area contributed by atoms with Gasteiger partial charge in [-0.15, -0.1) is 6.42 Å². The summed E-state index contributed by atoms with van der Waals surface area (Å²) in [6.45, 7) is 5.15. The topological polar surface area (TPSA) is 33.1 Å². The molecule has 0 aliphatic carbocycles. The van der Waals surface area contributed by atoms with Crippen LogP contribution in [-0.4, -0.2) is 10.1 Å². The second-order valence-electron chi connectivity index (χ2n) is 4.39. The third kappa shape index (κ3) is 1.66. The van der Waals surface area contributed by atoms with Gasteiger partial charge in [0, 0.05) is 5.39 Å². The van der Waals surface area contributed by atoms with E-state index in [1.54, 1.807) is 13.0 Å². The van der Waals surface area contributed by atoms with E-state index < -0.39 is 0 Å². The van der Waals surface area contributed by atoms with E-state index in [0.29, 0.717) is 27.7 Å². The average molecular weight is 243 g/mol. The minimum Gasteiger partial charge on any atom is -0.390 e. The van der Waals surface area contributed by atoms with Gasteiger partial charge in [-0.05, 0) is 43.5 Å². The van der Waals surface area contributed by atoms with Crippen molar-refractivity contribution in [1.82, 2.24) is 4.98 Å². The number of benzene rings is 1. The Morgan fingerprint density at radius 2 is 2.00 bits per heavy atom. The van der Waals surface area contributed by atoms with Crippen molar-refractivity contribution in [3.8, 4) is 12.3 Å². The highest BCUT2D eigenvalue weighted by atomic mass is 19.1. The number of aliphatic hydroxyl groups excluding tert-OH is 1. The Hall–Kier alpha value is -1.92. The molecule has 0 saturated carbocycles. The fourth-order valence-corrected chi connectivity index (χ4v) is 2.13. The van der Waals surface area contributed by atoms with Crippen LogP contribution in [0, 0.1) is 38.9 Å². The van der Waals surface area contributed by atoms with Crippen molar-refractivity contribution in [3.05, 3.63) is 39.8 Å². The summed E-state index contributed by atoms with van der Waals surface area (Å²) >= 11 is 0. The highest BCUT2D eigenvalue weighted by Crippen LogP contribution is 2.29. The maximum atomic E-state index is 14.2. The Bertz CT molecular complexity index is 683. The molecular formula is C15H14FNO. The van der Waals surface area contributed by atoms with E-state index in [2.05, 4.69) is 10.9 Å². The molecule has 1 aromatic heterocycles. The lowest BCUT2D eigenvalue weighted by molar-refractivity contribution is 0.276. The normalized spacial score (nSPS) is 10.7. The van der Waals surface area contributed by atoms with E-state index in [1.165, 1.54) is 0 Å². The van der Waals surface area contributed by atoms with Gasteiger partial charge in [-0.2, -0.15) is 0 Å². The van der Waals surface area contributed by atoms with Crippen LogP contribution in [-0.2, 0) is 6.61 Å². The highest BCUT2D eigenvalue weighted by molar-refractivity contribution is 5.89. The molecule has 92 valence electrons. The summed E-state index contributed by atoms with van der Waals surface area (Å²) in [5.74, 6) is 2.24. The number of halogens is 1. The molecule has 18 heavy (non-hydrogen) atoms. The van der Waals surface area contributed by atoms with Crippen LogP contribution >= 0.6 is 0 Å². The Labute approximate surface area is 105 Å². The van der Waals surface area contributed by atoms with Crippen molar-refractivity contribution in [1.29, 1.82) is 0 Å². The lowest BCUT2D eigenvalue weighted by Crippen LogP contribution is -2.02. The molecule has 0 bridgehead atoms. The standard InChI is InChI=1S/C15H14FNO/c1-5-11-6-8(2)14(16)13-10(4)9(3)12(7-18)17-15(11)13/h1,6,18H,7H2,2-4H3. The molecule has 3 heteroatoms. The van der Waals surface area contributed by atoms with Gasteiger partial charge in [0.15, 0.2) is 0 Å². The number of hydrogen-bond donors (Lipinski definition) is 1. The predicted molar refractivity (Wildman–Crippen MR) is 69.8 cm³/mol. The maximum absolute atomic E-state index is 14.2. The molecule has 0 radical (unpaired) electrons. The molecule has 0 aliphatic heterocycles. The minimum absolute atomic E-state index is 0.178. The summed E-state index contributed by atoms with van der Waals surface area (Å²) in [7, 11) is 0. The van der Waals surface area contributed by atoms with E-state index in [0.717, 1.165) is 11.1 Å². The van der Waals surface area contributed by atoms with Crippen LogP contribution < -0.4 is 0 Å². The zero-order valence-electron chi connectivity index (χ0n) is 10.6. The average Bonchev–Trinajstić information content (AvgIpc) is 2.37. The molecule has 0 saturated heterocycles. The number of aliphatic hydroxyl groups is 1. The van der Waals surface area contributed by atoms with Gasteiger partial charge in [-0.3, -0.25) is 0 Å². The van der Waals surface area contributed by atoms with E-state index in [1.807, 2.05) is 13.8 Å². The summed E-state index contributed by atoms with van der Waals surface area (Å²) in [6.07, 6.45) is 5.44. The van der Waals surface area contributed by atoms with Crippen LogP contribution in [0.1, 0.15) is 27.9 Å². The van der Waals surface area contributed by atoms with Crippen LogP contribution in [0.25, 0.3) is 10.9 Å². The largest absolute Gasteiger partial charge is 0.390 e. The Morgan fingerprint density at radius 3 is 2.56 bits per heavy atom. The van der Waals surface area contributed by atoms with E-state index >= 15 is 0 Å². The SMILES string of the molecule is C#Cc1cc(C)c(F)c2c(C)c(C)c(CO)nc12. The fraction of sp³-hybridized carbons (Fsp3) is 0.267. The highest BCUT2D eigenvalue weighted by Gasteiger charge is 2.16. The number of hydrogen-bond acceptors (Lipinski definition) is 2. The lowest BCUT2D eigenvalue weighted by atomic mass is 9.97. The van der Waals surface area contributed by atoms with Gasteiger partial charge in [0.25, 0.3) is 0 Å². The summed E-state index contributed by atoms with van der Waals surface area (Å²) in [5, 5.41) is 9.74. The maximum Gasteiger partial charge on any atom is 0.135 e. The summed E-state index contributed by atoms with van der Waals surface area (Å²) < 4.78 is 14.2. The zero-order chi connectivity index (χ0) is 13.4. The molecule has 0 unspecified atom stereocenters. The first-order chi connectivity index (χ1) is 8.51. The fourth-order valence-electron chi connectivity index (χ4n) is 2.13. The number of pyridine rings is 1. The number of nitrogens with zero attached hydrogens (tertiary/aromatic N) is 1. The summed E-state index contributed by atoms with van der Waals surface area (Å²) in [6, 6.07) is 1.61. The van der Waals surface area contributed by atoms with Crippen molar-refractivity contribution in [3.63, 3.8) is 0 Å². The molecule has 2 aromatic rings. The Morgan fingerprint density at radius 1 is 1.33 bits per heavy atom. The monoisotopic (exact) mass is 243 g/mol. The molecule has 1 aromatic carbocycles. The quantitative estimate of drug-likeness (QED) is 0.781. The number of aryl methyl sites for hydroxylation is 2. The van der Waals surface area contributed by atoms with Crippen LogP contribution in [0.3, 0.4) is 0 Å². The van der Waals surface area contributed by atoms with Crippen LogP contribution in [0.15, 0.2) is 6.07 Å². The molecule has 0 aliphatic rings. The number of rotatable bonds is 1. The zero-order valence-corrected chi connectivity index (χ0v) is 10.6. The van der Waals surface area contributed by atoms with Gasteiger partial charge in [-0.25, -0.2) is 9.37 Å². The molecule has 2 nitrogen and oxygen atoms in total.